The molecule has 4 rings (SSSR count). The lowest BCUT2D eigenvalue weighted by Crippen LogP contribution is -2.40. The van der Waals surface area contributed by atoms with Gasteiger partial charge >= 0.3 is 0 Å². The van der Waals surface area contributed by atoms with E-state index < -0.39 is 15.9 Å². The lowest BCUT2D eigenvalue weighted by atomic mass is 10.0. The van der Waals surface area contributed by atoms with E-state index >= 15 is 0 Å². The number of nitrogens with one attached hydrogen (secondary N) is 1. The van der Waals surface area contributed by atoms with Gasteiger partial charge in [-0.15, -0.1) is 0 Å². The van der Waals surface area contributed by atoms with Crippen LogP contribution in [0.3, 0.4) is 0 Å². The molecular weight excluding hydrogens is 386 g/mol. The summed E-state index contributed by atoms with van der Waals surface area (Å²) in [6.07, 6.45) is 0. The normalized spacial score (nSPS) is 14.6. The summed E-state index contributed by atoms with van der Waals surface area (Å²) in [6.45, 7) is -0.0702. The largest absolute Gasteiger partial charge is 0.350 e. The molecule has 0 saturated carbocycles. The molecule has 1 aliphatic heterocycles. The van der Waals surface area contributed by atoms with Crippen LogP contribution in [0.4, 0.5) is 0 Å². The van der Waals surface area contributed by atoms with E-state index in [1.165, 1.54) is 6.07 Å². The molecule has 29 heavy (non-hydrogen) atoms. The number of rotatable bonds is 5. The molecule has 7 heteroatoms. The lowest BCUT2D eigenvalue weighted by Gasteiger charge is -2.26. The monoisotopic (exact) mass is 405 g/mol. The maximum atomic E-state index is 13.0. The molecule has 1 aliphatic rings. The van der Waals surface area contributed by atoms with Crippen LogP contribution >= 0.6 is 0 Å². The fraction of sp³-hybridized carbons (Fsp3) is 0.0909. The van der Waals surface area contributed by atoms with E-state index in [0.717, 1.165) is 15.5 Å². The van der Waals surface area contributed by atoms with Crippen LogP contribution in [0.2, 0.25) is 0 Å². The van der Waals surface area contributed by atoms with Gasteiger partial charge in [-0.2, -0.15) is 17.9 Å². The third-order valence-corrected chi connectivity index (χ3v) is 6.25. The average molecular weight is 405 g/mol. The van der Waals surface area contributed by atoms with Crippen LogP contribution in [0.25, 0.3) is 0 Å². The first-order valence-electron chi connectivity index (χ1n) is 9.12. The van der Waals surface area contributed by atoms with E-state index in [0.29, 0.717) is 17.8 Å². The molecule has 0 unspecified atom stereocenters. The Morgan fingerprint density at radius 3 is 2.21 bits per heavy atom. The summed E-state index contributed by atoms with van der Waals surface area (Å²) in [4.78, 5) is 12.6. The minimum Gasteiger partial charge on any atom is -0.350 e. The smallest absolute Gasteiger partial charge is 0.280 e. The van der Waals surface area contributed by atoms with E-state index in [1.54, 1.807) is 18.2 Å². The zero-order valence-electron chi connectivity index (χ0n) is 15.5. The van der Waals surface area contributed by atoms with Crippen LogP contribution in [0, 0.1) is 0 Å². The maximum Gasteiger partial charge on any atom is 0.280 e. The molecule has 0 atom stereocenters. The summed E-state index contributed by atoms with van der Waals surface area (Å²) in [6, 6.07) is 25.5. The fourth-order valence-electron chi connectivity index (χ4n) is 3.12. The van der Waals surface area contributed by atoms with Crippen molar-refractivity contribution >= 4 is 21.6 Å². The third-order valence-electron chi connectivity index (χ3n) is 4.57. The standard InChI is InChI=1S/C22H19N3O3S/c26-21(23-15-17-9-3-1-4-10-17)16-25-24-22(18-11-5-2-6-12-18)19-13-7-8-14-20(19)29(25,27)28/h1-14H,15-16H2,(H,23,26). The van der Waals surface area contributed by atoms with Gasteiger partial charge in [-0.1, -0.05) is 78.9 Å². The topological polar surface area (TPSA) is 78.8 Å². The molecule has 0 bridgehead atoms. The molecule has 146 valence electrons. The summed E-state index contributed by atoms with van der Waals surface area (Å²) in [5.41, 5.74) is 2.76. The minimum atomic E-state index is -3.92. The molecule has 0 radical (unpaired) electrons. The Labute approximate surface area is 169 Å². The predicted octanol–water partition coefficient (Wildman–Crippen LogP) is 2.76. The molecule has 0 spiro atoms. The lowest BCUT2D eigenvalue weighted by molar-refractivity contribution is -0.121. The number of carbonyl (C=O) groups excluding carboxylic acids is 1. The molecule has 3 aromatic carbocycles. The van der Waals surface area contributed by atoms with Crippen LogP contribution in [-0.4, -0.2) is 31.0 Å². The van der Waals surface area contributed by atoms with Gasteiger partial charge in [0.25, 0.3) is 10.0 Å². The van der Waals surface area contributed by atoms with Crippen molar-refractivity contribution in [1.29, 1.82) is 0 Å². The van der Waals surface area contributed by atoms with Crippen molar-refractivity contribution in [2.24, 2.45) is 5.10 Å². The number of nitrogens with zero attached hydrogens (tertiary/aromatic N) is 2. The van der Waals surface area contributed by atoms with Crippen LogP contribution in [0.1, 0.15) is 16.7 Å². The Bertz CT molecular complexity index is 1160. The molecule has 0 aromatic heterocycles. The second kappa shape index (κ2) is 7.89. The highest BCUT2D eigenvalue weighted by molar-refractivity contribution is 7.89. The van der Waals surface area contributed by atoms with Crippen LogP contribution in [0.5, 0.6) is 0 Å². The number of benzene rings is 3. The van der Waals surface area contributed by atoms with Gasteiger partial charge in [0.1, 0.15) is 12.3 Å². The van der Waals surface area contributed by atoms with E-state index in [9.17, 15) is 13.2 Å². The Morgan fingerprint density at radius 2 is 1.48 bits per heavy atom. The Morgan fingerprint density at radius 1 is 0.862 bits per heavy atom. The number of hydrazone groups is 1. The van der Waals surface area contributed by atoms with Crippen LogP contribution in [0.15, 0.2) is 94.9 Å². The SMILES string of the molecule is O=C(CN1N=C(c2ccccc2)c2ccccc2S1(=O)=O)NCc1ccccc1. The predicted molar refractivity (Wildman–Crippen MR) is 111 cm³/mol. The molecule has 3 aromatic rings. The second-order valence-electron chi connectivity index (χ2n) is 6.56. The van der Waals surface area contributed by atoms with Gasteiger partial charge in [-0.25, -0.2) is 0 Å². The van der Waals surface area contributed by atoms with E-state index in [2.05, 4.69) is 10.4 Å². The fourth-order valence-corrected chi connectivity index (χ4v) is 4.52. The Kier molecular flexibility index (Phi) is 5.14. The molecule has 0 saturated heterocycles. The Balaban J connectivity index is 1.63. The molecule has 0 fully saturated rings. The van der Waals surface area contributed by atoms with Crippen molar-refractivity contribution in [3.05, 3.63) is 102 Å². The first-order valence-corrected chi connectivity index (χ1v) is 10.6. The van der Waals surface area contributed by atoms with Gasteiger partial charge in [-0.3, -0.25) is 4.79 Å². The quantitative estimate of drug-likeness (QED) is 0.709. The number of carbonyl (C=O) groups is 1. The summed E-state index contributed by atoms with van der Waals surface area (Å²) >= 11 is 0. The van der Waals surface area contributed by atoms with Crippen molar-refractivity contribution in [2.75, 3.05) is 6.54 Å². The molecular formula is C22H19N3O3S. The number of fused-ring (bicyclic) bond motifs is 1. The van der Waals surface area contributed by atoms with Gasteiger partial charge in [0.05, 0.1) is 4.90 Å². The van der Waals surface area contributed by atoms with Gasteiger partial charge in [-0.05, 0) is 11.6 Å². The van der Waals surface area contributed by atoms with Gasteiger partial charge < -0.3 is 5.32 Å². The van der Waals surface area contributed by atoms with E-state index in [4.69, 9.17) is 0 Å². The molecule has 1 amide bonds. The molecule has 1 N–H and O–H groups in total. The van der Waals surface area contributed by atoms with E-state index in [1.807, 2.05) is 60.7 Å². The molecule has 0 aliphatic carbocycles. The summed E-state index contributed by atoms with van der Waals surface area (Å²) in [5.74, 6) is -0.423. The summed E-state index contributed by atoms with van der Waals surface area (Å²) in [7, 11) is -3.92. The zero-order valence-corrected chi connectivity index (χ0v) is 16.3. The second-order valence-corrected chi connectivity index (χ2v) is 8.37. The Hall–Kier alpha value is -3.45. The highest BCUT2D eigenvalue weighted by atomic mass is 32.2. The molecule has 6 nitrogen and oxygen atoms in total. The first kappa shape index (κ1) is 18.9. The average Bonchev–Trinajstić information content (AvgIpc) is 2.76. The summed E-state index contributed by atoms with van der Waals surface area (Å²) in [5, 5.41) is 7.09. The van der Waals surface area contributed by atoms with Crippen LogP contribution in [-0.2, 0) is 21.4 Å². The van der Waals surface area contributed by atoms with Crippen molar-refractivity contribution in [3.8, 4) is 0 Å². The minimum absolute atomic E-state index is 0.143. The zero-order chi connectivity index (χ0) is 20.3. The van der Waals surface area contributed by atoms with Crippen LogP contribution < -0.4 is 5.32 Å². The first-order chi connectivity index (χ1) is 14.1. The van der Waals surface area contributed by atoms with Crippen molar-refractivity contribution in [3.63, 3.8) is 0 Å². The highest BCUT2D eigenvalue weighted by Gasteiger charge is 2.34. The van der Waals surface area contributed by atoms with Gasteiger partial charge in [0.2, 0.25) is 5.91 Å². The third kappa shape index (κ3) is 3.90. The van der Waals surface area contributed by atoms with Gasteiger partial charge in [0, 0.05) is 17.7 Å². The number of amides is 1. The number of hydrogen-bond donors (Lipinski definition) is 1. The number of hydrogen-bond acceptors (Lipinski definition) is 4. The van der Waals surface area contributed by atoms with Crippen molar-refractivity contribution in [2.45, 2.75) is 11.4 Å². The van der Waals surface area contributed by atoms with E-state index in [-0.39, 0.29) is 11.4 Å². The summed E-state index contributed by atoms with van der Waals surface area (Å²) < 4.78 is 26.9. The highest BCUT2D eigenvalue weighted by Crippen LogP contribution is 2.28. The van der Waals surface area contributed by atoms with Gasteiger partial charge in [0.15, 0.2) is 0 Å². The van der Waals surface area contributed by atoms with Crippen molar-refractivity contribution < 1.29 is 13.2 Å². The number of sulfonamides is 1. The maximum absolute atomic E-state index is 13.0. The molecule has 1 heterocycles. The van der Waals surface area contributed by atoms with Crippen molar-refractivity contribution in [1.82, 2.24) is 9.73 Å².